The van der Waals surface area contributed by atoms with E-state index >= 15 is 0 Å². The van der Waals surface area contributed by atoms with E-state index in [0.717, 1.165) is 40.0 Å². The Bertz CT molecular complexity index is 1460. The lowest BCUT2D eigenvalue weighted by Crippen LogP contribution is -2.54. The van der Waals surface area contributed by atoms with Gasteiger partial charge in [0.2, 0.25) is 11.8 Å². The summed E-state index contributed by atoms with van der Waals surface area (Å²) in [6.45, 7) is 1.25. The lowest BCUT2D eigenvalue weighted by molar-refractivity contribution is -0.140. The highest BCUT2D eigenvalue weighted by molar-refractivity contribution is 14.1. The van der Waals surface area contributed by atoms with Gasteiger partial charge in [0.1, 0.15) is 12.6 Å². The summed E-state index contributed by atoms with van der Waals surface area (Å²) >= 11 is 15.1. The van der Waals surface area contributed by atoms with Crippen LogP contribution in [-0.2, 0) is 26.2 Å². The maximum atomic E-state index is 14.2. The van der Waals surface area contributed by atoms with Crippen molar-refractivity contribution in [2.75, 3.05) is 10.8 Å². The highest BCUT2D eigenvalue weighted by Crippen LogP contribution is 2.29. The van der Waals surface area contributed by atoms with Gasteiger partial charge in [-0.05, 0) is 90.4 Å². The molecular weight excluding hydrogens is 708 g/mol. The van der Waals surface area contributed by atoms with Crippen LogP contribution in [0.3, 0.4) is 0 Å². The Labute approximate surface area is 271 Å². The first-order valence-corrected chi connectivity index (χ1v) is 17.3. The van der Waals surface area contributed by atoms with E-state index in [-0.39, 0.29) is 23.4 Å². The summed E-state index contributed by atoms with van der Waals surface area (Å²) in [5, 5.41) is 3.85. The molecule has 1 aliphatic carbocycles. The molecule has 1 atom stereocenters. The molecule has 0 bridgehead atoms. The molecule has 4 rings (SSSR count). The SMILES string of the molecule is CCC(C(=O)NC1CCCCC1)N(Cc1c(Cl)cccc1Cl)C(=O)CN(c1ccc(I)cc1)S(=O)(=O)c1ccccc1. The van der Waals surface area contributed by atoms with Gasteiger partial charge in [-0.1, -0.05) is 73.7 Å². The number of amides is 2. The van der Waals surface area contributed by atoms with Crippen LogP contribution in [0.15, 0.2) is 77.7 Å². The van der Waals surface area contributed by atoms with Crippen molar-refractivity contribution in [2.45, 2.75) is 69.0 Å². The second kappa shape index (κ2) is 14.9. The van der Waals surface area contributed by atoms with Crippen LogP contribution in [0.25, 0.3) is 0 Å². The number of benzene rings is 3. The molecule has 7 nitrogen and oxygen atoms in total. The lowest BCUT2D eigenvalue weighted by atomic mass is 9.95. The van der Waals surface area contributed by atoms with E-state index in [0.29, 0.717) is 27.7 Å². The number of hydrogen-bond acceptors (Lipinski definition) is 4. The second-order valence-electron chi connectivity index (χ2n) is 10.3. The number of carbonyl (C=O) groups is 2. The van der Waals surface area contributed by atoms with E-state index in [1.165, 1.54) is 17.0 Å². The van der Waals surface area contributed by atoms with Gasteiger partial charge in [0.15, 0.2) is 0 Å². The van der Waals surface area contributed by atoms with Gasteiger partial charge in [0, 0.05) is 31.8 Å². The monoisotopic (exact) mass is 741 g/mol. The standard InChI is InChI=1S/C31H34Cl2IN3O4S/c1-2-29(31(39)35-23-10-5-3-6-11-23)36(20-26-27(32)14-9-15-28(26)33)30(38)21-37(24-18-16-22(34)17-19-24)42(40,41)25-12-7-4-8-13-25/h4,7-9,12-19,23,29H,2-3,5-6,10-11,20-21H2,1H3,(H,35,39). The molecule has 1 fully saturated rings. The van der Waals surface area contributed by atoms with Crippen molar-refractivity contribution in [2.24, 2.45) is 0 Å². The molecule has 2 amide bonds. The van der Waals surface area contributed by atoms with Crippen LogP contribution >= 0.6 is 45.8 Å². The van der Waals surface area contributed by atoms with E-state index in [1.807, 2.05) is 6.92 Å². The quantitative estimate of drug-likeness (QED) is 0.214. The molecule has 11 heteroatoms. The average molecular weight is 743 g/mol. The molecule has 0 radical (unpaired) electrons. The number of anilines is 1. The first kappa shape index (κ1) is 32.6. The predicted octanol–water partition coefficient (Wildman–Crippen LogP) is 7.05. The van der Waals surface area contributed by atoms with E-state index in [1.54, 1.807) is 60.7 Å². The van der Waals surface area contributed by atoms with Crippen LogP contribution in [0, 0.1) is 3.57 Å². The Morgan fingerprint density at radius 3 is 2.14 bits per heavy atom. The van der Waals surface area contributed by atoms with Crippen molar-refractivity contribution >= 4 is 73.3 Å². The number of hydrogen-bond donors (Lipinski definition) is 1. The Balaban J connectivity index is 1.72. The van der Waals surface area contributed by atoms with Crippen molar-refractivity contribution in [3.63, 3.8) is 0 Å². The third kappa shape index (κ3) is 7.98. The Kier molecular flexibility index (Phi) is 11.6. The van der Waals surface area contributed by atoms with Crippen molar-refractivity contribution in [3.8, 4) is 0 Å². The van der Waals surface area contributed by atoms with E-state index in [9.17, 15) is 18.0 Å². The van der Waals surface area contributed by atoms with Gasteiger partial charge in [0.25, 0.3) is 10.0 Å². The van der Waals surface area contributed by atoms with Crippen LogP contribution in [-0.4, -0.2) is 43.8 Å². The van der Waals surface area contributed by atoms with Crippen LogP contribution in [0.2, 0.25) is 10.0 Å². The third-order valence-corrected chi connectivity index (χ3v) is 10.7. The van der Waals surface area contributed by atoms with E-state index in [4.69, 9.17) is 23.2 Å². The summed E-state index contributed by atoms with van der Waals surface area (Å²) in [5.74, 6) is -0.817. The lowest BCUT2D eigenvalue weighted by Gasteiger charge is -2.34. The van der Waals surface area contributed by atoms with Crippen molar-refractivity contribution in [1.29, 1.82) is 0 Å². The zero-order valence-electron chi connectivity index (χ0n) is 23.3. The van der Waals surface area contributed by atoms with Crippen LogP contribution in [0.1, 0.15) is 51.0 Å². The maximum absolute atomic E-state index is 14.2. The fourth-order valence-corrected chi connectivity index (χ4v) is 7.49. The fourth-order valence-electron chi connectivity index (χ4n) is 5.17. The van der Waals surface area contributed by atoms with Crippen LogP contribution in [0.5, 0.6) is 0 Å². The Hall–Kier alpha value is -2.34. The second-order valence-corrected chi connectivity index (χ2v) is 14.2. The normalized spacial score (nSPS) is 14.7. The van der Waals surface area contributed by atoms with E-state index in [2.05, 4.69) is 27.9 Å². The van der Waals surface area contributed by atoms with Crippen LogP contribution in [0.4, 0.5) is 5.69 Å². The predicted molar refractivity (Wildman–Crippen MR) is 176 cm³/mol. The molecule has 1 N–H and O–H groups in total. The largest absolute Gasteiger partial charge is 0.352 e. The fraction of sp³-hybridized carbons (Fsp3) is 0.355. The summed E-state index contributed by atoms with van der Waals surface area (Å²) in [7, 11) is -4.13. The van der Waals surface area contributed by atoms with Gasteiger partial charge < -0.3 is 10.2 Å². The van der Waals surface area contributed by atoms with Gasteiger partial charge in [-0.3, -0.25) is 13.9 Å². The minimum Gasteiger partial charge on any atom is -0.352 e. The van der Waals surface area contributed by atoms with Gasteiger partial charge >= 0.3 is 0 Å². The minimum absolute atomic E-state index is 0.0444. The molecule has 3 aromatic carbocycles. The van der Waals surface area contributed by atoms with Gasteiger partial charge in [-0.2, -0.15) is 0 Å². The van der Waals surface area contributed by atoms with E-state index < -0.39 is 28.5 Å². The average Bonchev–Trinajstić information content (AvgIpc) is 2.98. The molecule has 1 unspecified atom stereocenters. The van der Waals surface area contributed by atoms with Crippen molar-refractivity contribution in [1.82, 2.24) is 10.2 Å². The summed E-state index contributed by atoms with van der Waals surface area (Å²) in [5.41, 5.74) is 0.827. The highest BCUT2D eigenvalue weighted by Gasteiger charge is 2.35. The number of nitrogens with zero attached hydrogens (tertiary/aromatic N) is 2. The summed E-state index contributed by atoms with van der Waals surface area (Å²) in [4.78, 5) is 29.4. The topological polar surface area (TPSA) is 86.8 Å². The number of rotatable bonds is 11. The summed E-state index contributed by atoms with van der Waals surface area (Å²) in [6.07, 6.45) is 5.33. The molecule has 0 aliphatic heterocycles. The molecular formula is C31H34Cl2IN3O4S. The molecule has 224 valence electrons. The summed E-state index contributed by atoms with van der Waals surface area (Å²) in [6, 6.07) is 19.1. The Morgan fingerprint density at radius 1 is 0.929 bits per heavy atom. The number of nitrogens with one attached hydrogen (secondary N) is 1. The minimum atomic E-state index is -4.13. The molecule has 0 saturated heterocycles. The molecule has 0 aromatic heterocycles. The van der Waals surface area contributed by atoms with Crippen molar-refractivity contribution < 1.29 is 18.0 Å². The number of sulfonamides is 1. The van der Waals surface area contributed by atoms with Crippen LogP contribution < -0.4 is 9.62 Å². The van der Waals surface area contributed by atoms with Crippen molar-refractivity contribution in [3.05, 3.63) is 92.0 Å². The van der Waals surface area contributed by atoms with Gasteiger partial charge in [-0.15, -0.1) is 0 Å². The molecule has 42 heavy (non-hydrogen) atoms. The first-order valence-electron chi connectivity index (χ1n) is 14.0. The third-order valence-electron chi connectivity index (χ3n) is 7.45. The molecule has 1 aliphatic rings. The zero-order chi connectivity index (χ0) is 30.3. The zero-order valence-corrected chi connectivity index (χ0v) is 27.8. The number of halogens is 3. The summed E-state index contributed by atoms with van der Waals surface area (Å²) < 4.78 is 29.8. The first-order chi connectivity index (χ1) is 20.1. The van der Waals surface area contributed by atoms with Gasteiger partial charge in [0.05, 0.1) is 10.6 Å². The number of carbonyl (C=O) groups excluding carboxylic acids is 2. The molecule has 1 saturated carbocycles. The smallest absolute Gasteiger partial charge is 0.264 e. The highest BCUT2D eigenvalue weighted by atomic mass is 127. The maximum Gasteiger partial charge on any atom is 0.264 e. The molecule has 0 heterocycles. The van der Waals surface area contributed by atoms with Gasteiger partial charge in [-0.25, -0.2) is 8.42 Å². The Morgan fingerprint density at radius 2 is 1.55 bits per heavy atom. The molecule has 3 aromatic rings. The molecule has 0 spiro atoms.